The van der Waals surface area contributed by atoms with Crippen LogP contribution in [0.3, 0.4) is 0 Å². The van der Waals surface area contributed by atoms with Gasteiger partial charge in [0.25, 0.3) is 6.43 Å². The fraction of sp³-hybridized carbons (Fsp3) is 0.455. The lowest BCUT2D eigenvalue weighted by Gasteiger charge is -2.18. The topological polar surface area (TPSA) is 38.0 Å². The third kappa shape index (κ3) is 4.58. The van der Waals surface area contributed by atoms with E-state index in [9.17, 15) is 22.0 Å². The molecule has 0 heterocycles. The molecule has 0 saturated carbocycles. The van der Waals surface area contributed by atoms with Gasteiger partial charge in [-0.15, -0.1) is 0 Å². The Labute approximate surface area is 101 Å². The molecule has 18 heavy (non-hydrogen) atoms. The fourth-order valence-electron chi connectivity index (χ4n) is 1.45. The molecule has 3 N–H and O–H groups in total. The van der Waals surface area contributed by atoms with Crippen molar-refractivity contribution in [2.75, 3.05) is 13.1 Å². The first kappa shape index (κ1) is 14.8. The van der Waals surface area contributed by atoms with Crippen molar-refractivity contribution in [3.63, 3.8) is 0 Å². The van der Waals surface area contributed by atoms with Gasteiger partial charge in [0.1, 0.15) is 0 Å². The first-order valence-electron chi connectivity index (χ1n) is 5.21. The SMILES string of the molecule is NCC(NCC(F)(F)F)c1ccc(C(F)F)cc1. The maximum atomic E-state index is 12.3. The Morgan fingerprint density at radius 1 is 1.06 bits per heavy atom. The second-order valence-corrected chi connectivity index (χ2v) is 3.75. The largest absolute Gasteiger partial charge is 0.401 e. The monoisotopic (exact) mass is 268 g/mol. The molecule has 2 nitrogen and oxygen atoms in total. The zero-order valence-corrected chi connectivity index (χ0v) is 9.35. The average Bonchev–Trinajstić information content (AvgIpc) is 2.29. The van der Waals surface area contributed by atoms with Crippen LogP contribution in [0.4, 0.5) is 22.0 Å². The number of benzene rings is 1. The predicted molar refractivity (Wildman–Crippen MR) is 57.3 cm³/mol. The number of halogens is 5. The number of nitrogens with one attached hydrogen (secondary N) is 1. The molecule has 0 saturated heterocycles. The highest BCUT2D eigenvalue weighted by Gasteiger charge is 2.28. The van der Waals surface area contributed by atoms with Gasteiger partial charge in [-0.25, -0.2) is 8.78 Å². The van der Waals surface area contributed by atoms with Crippen LogP contribution in [0.2, 0.25) is 0 Å². The van der Waals surface area contributed by atoms with Crippen molar-refractivity contribution < 1.29 is 22.0 Å². The van der Waals surface area contributed by atoms with Gasteiger partial charge in [-0.3, -0.25) is 0 Å². The highest BCUT2D eigenvalue weighted by Crippen LogP contribution is 2.22. The van der Waals surface area contributed by atoms with Crippen LogP contribution in [0, 0.1) is 0 Å². The van der Waals surface area contributed by atoms with Gasteiger partial charge in [-0.1, -0.05) is 24.3 Å². The van der Waals surface area contributed by atoms with Crippen LogP contribution in [-0.2, 0) is 0 Å². The van der Waals surface area contributed by atoms with Crippen molar-refractivity contribution in [2.45, 2.75) is 18.6 Å². The minimum atomic E-state index is -4.34. The van der Waals surface area contributed by atoms with E-state index in [1.54, 1.807) is 0 Å². The number of nitrogens with two attached hydrogens (primary N) is 1. The molecule has 0 aliphatic heterocycles. The summed E-state index contributed by atoms with van der Waals surface area (Å²) in [5.41, 5.74) is 5.63. The Morgan fingerprint density at radius 2 is 1.56 bits per heavy atom. The highest BCUT2D eigenvalue weighted by molar-refractivity contribution is 5.26. The van der Waals surface area contributed by atoms with Crippen LogP contribution in [0.25, 0.3) is 0 Å². The van der Waals surface area contributed by atoms with Crippen molar-refractivity contribution in [3.8, 4) is 0 Å². The summed E-state index contributed by atoms with van der Waals surface area (Å²) in [6.07, 6.45) is -6.94. The van der Waals surface area contributed by atoms with Crippen molar-refractivity contribution in [1.82, 2.24) is 5.32 Å². The summed E-state index contributed by atoms with van der Waals surface area (Å²) in [5, 5.41) is 2.24. The first-order chi connectivity index (χ1) is 8.33. The van der Waals surface area contributed by atoms with E-state index in [2.05, 4.69) is 5.32 Å². The van der Waals surface area contributed by atoms with Gasteiger partial charge < -0.3 is 11.1 Å². The Morgan fingerprint density at radius 3 is 1.94 bits per heavy atom. The van der Waals surface area contributed by atoms with Gasteiger partial charge in [0, 0.05) is 18.2 Å². The minimum absolute atomic E-state index is 0.0515. The van der Waals surface area contributed by atoms with Crippen LogP contribution in [-0.4, -0.2) is 19.3 Å². The molecular weight excluding hydrogens is 255 g/mol. The average molecular weight is 268 g/mol. The predicted octanol–water partition coefficient (Wildman–Crippen LogP) is 2.78. The van der Waals surface area contributed by atoms with E-state index in [0.29, 0.717) is 5.56 Å². The van der Waals surface area contributed by atoms with E-state index in [1.165, 1.54) is 24.3 Å². The number of hydrogen-bond acceptors (Lipinski definition) is 2. The molecule has 1 unspecified atom stereocenters. The van der Waals surface area contributed by atoms with Gasteiger partial charge in [0.05, 0.1) is 6.54 Å². The minimum Gasteiger partial charge on any atom is -0.329 e. The van der Waals surface area contributed by atoms with Gasteiger partial charge in [-0.05, 0) is 5.56 Å². The summed E-state index contributed by atoms with van der Waals surface area (Å²) >= 11 is 0. The lowest BCUT2D eigenvalue weighted by Crippen LogP contribution is -2.35. The summed E-state index contributed by atoms with van der Waals surface area (Å²) < 4.78 is 60.7. The molecule has 1 rings (SSSR count). The van der Waals surface area contributed by atoms with E-state index < -0.39 is 25.2 Å². The summed E-state index contributed by atoms with van der Waals surface area (Å²) in [7, 11) is 0. The Bertz CT molecular complexity index is 361. The van der Waals surface area contributed by atoms with Crippen LogP contribution >= 0.6 is 0 Å². The molecule has 1 atom stereocenters. The molecule has 0 fully saturated rings. The Hall–Kier alpha value is -1.21. The molecule has 0 aliphatic rings. The van der Waals surface area contributed by atoms with Crippen molar-refractivity contribution in [1.29, 1.82) is 0 Å². The van der Waals surface area contributed by atoms with E-state index in [-0.39, 0.29) is 12.1 Å². The summed E-state index contributed by atoms with van der Waals surface area (Å²) in [5.74, 6) is 0. The molecule has 0 bridgehead atoms. The lowest BCUT2D eigenvalue weighted by molar-refractivity contribution is -0.126. The molecule has 1 aromatic rings. The summed E-state index contributed by atoms with van der Waals surface area (Å²) in [4.78, 5) is 0. The van der Waals surface area contributed by atoms with E-state index in [1.807, 2.05) is 0 Å². The quantitative estimate of drug-likeness (QED) is 0.806. The smallest absolute Gasteiger partial charge is 0.329 e. The molecule has 102 valence electrons. The van der Waals surface area contributed by atoms with Gasteiger partial charge in [0.15, 0.2) is 0 Å². The molecule has 0 radical (unpaired) electrons. The third-order valence-corrected chi connectivity index (χ3v) is 2.38. The lowest BCUT2D eigenvalue weighted by atomic mass is 10.0. The van der Waals surface area contributed by atoms with Crippen molar-refractivity contribution in [2.24, 2.45) is 5.73 Å². The summed E-state index contributed by atoms with van der Waals surface area (Å²) in [6.45, 7) is -1.23. The molecule has 0 spiro atoms. The maximum absolute atomic E-state index is 12.3. The third-order valence-electron chi connectivity index (χ3n) is 2.38. The number of rotatable bonds is 5. The normalized spacial score (nSPS) is 13.9. The number of alkyl halides is 5. The van der Waals surface area contributed by atoms with E-state index >= 15 is 0 Å². The van der Waals surface area contributed by atoms with Crippen LogP contribution in [0.1, 0.15) is 23.6 Å². The molecule has 0 amide bonds. The fourth-order valence-corrected chi connectivity index (χ4v) is 1.45. The van der Waals surface area contributed by atoms with Crippen LogP contribution in [0.5, 0.6) is 0 Å². The Kier molecular flexibility index (Phi) is 5.03. The molecule has 1 aromatic carbocycles. The van der Waals surface area contributed by atoms with E-state index in [0.717, 1.165) is 0 Å². The van der Waals surface area contributed by atoms with Crippen LogP contribution < -0.4 is 11.1 Å². The van der Waals surface area contributed by atoms with Crippen molar-refractivity contribution >= 4 is 0 Å². The summed E-state index contributed by atoms with van der Waals surface area (Å²) in [6, 6.07) is 4.35. The first-order valence-corrected chi connectivity index (χ1v) is 5.21. The zero-order valence-electron chi connectivity index (χ0n) is 9.35. The standard InChI is InChI=1S/C11H13F5N2/c12-10(13)8-3-1-7(2-4-8)9(5-17)18-6-11(14,15)16/h1-4,9-10,18H,5-6,17H2. The molecule has 7 heteroatoms. The zero-order chi connectivity index (χ0) is 13.8. The Balaban J connectivity index is 2.70. The second kappa shape index (κ2) is 6.10. The van der Waals surface area contributed by atoms with Gasteiger partial charge >= 0.3 is 6.18 Å². The molecule has 0 aromatic heterocycles. The van der Waals surface area contributed by atoms with Gasteiger partial charge in [-0.2, -0.15) is 13.2 Å². The van der Waals surface area contributed by atoms with Crippen molar-refractivity contribution in [3.05, 3.63) is 35.4 Å². The number of hydrogen-bond donors (Lipinski definition) is 2. The van der Waals surface area contributed by atoms with Crippen LogP contribution in [0.15, 0.2) is 24.3 Å². The molecule has 0 aliphatic carbocycles. The maximum Gasteiger partial charge on any atom is 0.401 e. The highest BCUT2D eigenvalue weighted by atomic mass is 19.4. The van der Waals surface area contributed by atoms with E-state index in [4.69, 9.17) is 5.73 Å². The molecular formula is C11H13F5N2. The second-order valence-electron chi connectivity index (χ2n) is 3.75. The van der Waals surface area contributed by atoms with Gasteiger partial charge in [0.2, 0.25) is 0 Å².